The summed E-state index contributed by atoms with van der Waals surface area (Å²) in [6.07, 6.45) is 0. The summed E-state index contributed by atoms with van der Waals surface area (Å²) in [6.45, 7) is 8.45. The summed E-state index contributed by atoms with van der Waals surface area (Å²) in [7, 11) is 0. The molecule has 0 fully saturated rings. The number of amides is 2. The first kappa shape index (κ1) is 13.1. The van der Waals surface area contributed by atoms with Crippen molar-refractivity contribution in [2.45, 2.75) is 20.4 Å². The van der Waals surface area contributed by atoms with Gasteiger partial charge in [-0.15, -0.1) is 0 Å². The average molecular weight is 258 g/mol. The van der Waals surface area contributed by atoms with Crippen molar-refractivity contribution in [1.29, 1.82) is 0 Å². The SMILES string of the molecule is C=C(C)CNC(=O)NCc1nc2c(C)cccc2[nH]1. The lowest BCUT2D eigenvalue weighted by molar-refractivity contribution is 0.241. The maximum absolute atomic E-state index is 11.5. The highest BCUT2D eigenvalue weighted by Crippen LogP contribution is 2.15. The monoisotopic (exact) mass is 258 g/mol. The lowest BCUT2D eigenvalue weighted by Crippen LogP contribution is -2.36. The number of H-pyrrole nitrogens is 1. The normalized spacial score (nSPS) is 10.4. The molecule has 0 spiro atoms. The number of benzene rings is 1. The molecule has 0 aliphatic rings. The maximum Gasteiger partial charge on any atom is 0.315 e. The number of aromatic nitrogens is 2. The molecule has 2 aromatic rings. The second kappa shape index (κ2) is 5.56. The molecular weight excluding hydrogens is 240 g/mol. The van der Waals surface area contributed by atoms with E-state index in [0.29, 0.717) is 13.1 Å². The van der Waals surface area contributed by atoms with E-state index < -0.39 is 0 Å². The van der Waals surface area contributed by atoms with E-state index >= 15 is 0 Å². The molecule has 0 aliphatic heterocycles. The number of rotatable bonds is 4. The van der Waals surface area contributed by atoms with E-state index in [1.165, 1.54) is 0 Å². The van der Waals surface area contributed by atoms with Crippen molar-refractivity contribution in [3.63, 3.8) is 0 Å². The highest BCUT2D eigenvalue weighted by Gasteiger charge is 2.06. The molecular formula is C14H18N4O. The Labute approximate surface area is 112 Å². The highest BCUT2D eigenvalue weighted by molar-refractivity contribution is 5.78. The van der Waals surface area contributed by atoms with E-state index in [2.05, 4.69) is 27.2 Å². The molecule has 3 N–H and O–H groups in total. The Kier molecular flexibility index (Phi) is 3.85. The number of carbonyl (C=O) groups is 1. The lowest BCUT2D eigenvalue weighted by atomic mass is 10.2. The molecule has 0 saturated heterocycles. The van der Waals surface area contributed by atoms with Crippen LogP contribution in [0.25, 0.3) is 11.0 Å². The van der Waals surface area contributed by atoms with Gasteiger partial charge in [-0.05, 0) is 25.5 Å². The van der Waals surface area contributed by atoms with Crippen molar-refractivity contribution in [3.8, 4) is 0 Å². The van der Waals surface area contributed by atoms with Crippen LogP contribution in [-0.2, 0) is 6.54 Å². The van der Waals surface area contributed by atoms with Gasteiger partial charge in [0.25, 0.3) is 0 Å². The third-order valence-electron chi connectivity index (χ3n) is 2.73. The fourth-order valence-corrected chi connectivity index (χ4v) is 1.77. The molecule has 0 bridgehead atoms. The molecule has 1 aromatic heterocycles. The van der Waals surface area contributed by atoms with E-state index in [4.69, 9.17) is 0 Å². The molecule has 0 aliphatic carbocycles. The molecule has 2 rings (SSSR count). The Balaban J connectivity index is 1.96. The van der Waals surface area contributed by atoms with Gasteiger partial charge in [0, 0.05) is 6.54 Å². The molecule has 5 heteroatoms. The summed E-state index contributed by atoms with van der Waals surface area (Å²) < 4.78 is 0. The van der Waals surface area contributed by atoms with E-state index in [-0.39, 0.29) is 6.03 Å². The minimum Gasteiger partial charge on any atom is -0.340 e. The Morgan fingerprint density at radius 3 is 2.89 bits per heavy atom. The van der Waals surface area contributed by atoms with Crippen LogP contribution in [0, 0.1) is 6.92 Å². The zero-order chi connectivity index (χ0) is 13.8. The number of hydrogen-bond donors (Lipinski definition) is 3. The Morgan fingerprint density at radius 1 is 1.42 bits per heavy atom. The van der Waals surface area contributed by atoms with E-state index in [0.717, 1.165) is 28.0 Å². The Bertz CT molecular complexity index is 615. The van der Waals surface area contributed by atoms with Crippen molar-refractivity contribution >= 4 is 17.1 Å². The predicted octanol–water partition coefficient (Wildman–Crippen LogP) is 2.25. The van der Waals surface area contributed by atoms with Crippen LogP contribution in [0.1, 0.15) is 18.3 Å². The first-order valence-electron chi connectivity index (χ1n) is 6.16. The van der Waals surface area contributed by atoms with Gasteiger partial charge in [0.1, 0.15) is 5.82 Å². The summed E-state index contributed by atoms with van der Waals surface area (Å²) >= 11 is 0. The topological polar surface area (TPSA) is 69.8 Å². The Morgan fingerprint density at radius 2 is 2.21 bits per heavy atom. The van der Waals surface area contributed by atoms with Crippen LogP contribution in [0.2, 0.25) is 0 Å². The second-order valence-electron chi connectivity index (χ2n) is 4.65. The quantitative estimate of drug-likeness (QED) is 0.736. The summed E-state index contributed by atoms with van der Waals surface area (Å²) in [5.74, 6) is 0.745. The second-order valence-corrected chi connectivity index (χ2v) is 4.65. The molecule has 1 aromatic carbocycles. The number of aryl methyl sites for hydroxylation is 1. The van der Waals surface area contributed by atoms with Gasteiger partial charge in [0.2, 0.25) is 0 Å². The number of aromatic amines is 1. The minimum absolute atomic E-state index is 0.222. The van der Waals surface area contributed by atoms with Gasteiger partial charge in [0.15, 0.2) is 0 Å². The standard InChI is InChI=1S/C14H18N4O/c1-9(2)7-15-14(19)16-8-12-17-11-6-4-5-10(3)13(11)18-12/h4-6H,1,7-8H2,2-3H3,(H,17,18)(H2,15,16,19). The predicted molar refractivity (Wildman–Crippen MR) is 75.9 cm³/mol. The first-order chi connectivity index (χ1) is 9.06. The largest absolute Gasteiger partial charge is 0.340 e. The summed E-state index contributed by atoms with van der Waals surface area (Å²) in [5.41, 5.74) is 3.96. The van der Waals surface area contributed by atoms with E-state index in [9.17, 15) is 4.79 Å². The van der Waals surface area contributed by atoms with Gasteiger partial charge >= 0.3 is 6.03 Å². The molecule has 5 nitrogen and oxygen atoms in total. The Hall–Kier alpha value is -2.30. The van der Waals surface area contributed by atoms with Crippen LogP contribution in [-0.4, -0.2) is 22.5 Å². The first-order valence-corrected chi connectivity index (χ1v) is 6.16. The van der Waals surface area contributed by atoms with Crippen molar-refractivity contribution < 1.29 is 4.79 Å². The van der Waals surface area contributed by atoms with Crippen LogP contribution < -0.4 is 10.6 Å². The number of urea groups is 1. The molecule has 0 atom stereocenters. The van der Waals surface area contributed by atoms with Crippen LogP contribution in [0.5, 0.6) is 0 Å². The third-order valence-corrected chi connectivity index (χ3v) is 2.73. The van der Waals surface area contributed by atoms with Gasteiger partial charge in [-0.3, -0.25) is 0 Å². The van der Waals surface area contributed by atoms with Gasteiger partial charge in [0.05, 0.1) is 17.6 Å². The maximum atomic E-state index is 11.5. The fourth-order valence-electron chi connectivity index (χ4n) is 1.77. The van der Waals surface area contributed by atoms with Crippen LogP contribution in [0.4, 0.5) is 4.79 Å². The van der Waals surface area contributed by atoms with Gasteiger partial charge in [-0.25, -0.2) is 9.78 Å². The minimum atomic E-state index is -0.222. The van der Waals surface area contributed by atoms with E-state index in [1.54, 1.807) is 0 Å². The van der Waals surface area contributed by atoms with Crippen molar-refractivity contribution in [1.82, 2.24) is 20.6 Å². The number of carbonyl (C=O) groups excluding carboxylic acids is 1. The zero-order valence-electron chi connectivity index (χ0n) is 11.2. The number of para-hydroxylation sites is 1. The molecule has 19 heavy (non-hydrogen) atoms. The van der Waals surface area contributed by atoms with Gasteiger partial charge in [-0.1, -0.05) is 24.3 Å². The lowest BCUT2D eigenvalue weighted by Gasteiger charge is -2.05. The molecule has 0 unspecified atom stereocenters. The zero-order valence-corrected chi connectivity index (χ0v) is 11.2. The number of fused-ring (bicyclic) bond motifs is 1. The molecule has 2 amide bonds. The average Bonchev–Trinajstić information content (AvgIpc) is 2.78. The fraction of sp³-hybridized carbons (Fsp3) is 0.286. The highest BCUT2D eigenvalue weighted by atomic mass is 16.2. The summed E-state index contributed by atoms with van der Waals surface area (Å²) in [6, 6.07) is 5.74. The number of hydrogen-bond acceptors (Lipinski definition) is 2. The van der Waals surface area contributed by atoms with Crippen molar-refractivity contribution in [3.05, 3.63) is 41.7 Å². The van der Waals surface area contributed by atoms with Crippen LogP contribution >= 0.6 is 0 Å². The van der Waals surface area contributed by atoms with Crippen molar-refractivity contribution in [2.24, 2.45) is 0 Å². The summed E-state index contributed by atoms with van der Waals surface area (Å²) in [4.78, 5) is 19.1. The number of nitrogens with zero attached hydrogens (tertiary/aromatic N) is 1. The van der Waals surface area contributed by atoms with Crippen molar-refractivity contribution in [2.75, 3.05) is 6.54 Å². The molecule has 0 radical (unpaired) electrons. The van der Waals surface area contributed by atoms with E-state index in [1.807, 2.05) is 32.0 Å². The number of nitrogens with one attached hydrogen (secondary N) is 3. The van der Waals surface area contributed by atoms with Crippen LogP contribution in [0.3, 0.4) is 0 Å². The smallest absolute Gasteiger partial charge is 0.315 e. The molecule has 0 saturated carbocycles. The van der Waals surface area contributed by atoms with Gasteiger partial charge < -0.3 is 15.6 Å². The third kappa shape index (κ3) is 3.34. The summed E-state index contributed by atoms with van der Waals surface area (Å²) in [5, 5.41) is 5.46. The van der Waals surface area contributed by atoms with Gasteiger partial charge in [-0.2, -0.15) is 0 Å². The molecule has 1 heterocycles. The molecule has 100 valence electrons. The number of imidazole rings is 1. The van der Waals surface area contributed by atoms with Crippen LogP contribution in [0.15, 0.2) is 30.4 Å².